The number of anilines is 3. The molecule has 0 spiro atoms. The molecule has 1 aliphatic rings. The van der Waals surface area contributed by atoms with Gasteiger partial charge in [0.2, 0.25) is 17.5 Å². The first-order valence-electron chi connectivity index (χ1n) is 7.54. The largest absolute Gasteiger partial charge is 1.00 e. The number of carbonyl (C=O) groups excluding carboxylic acids is 1. The van der Waals surface area contributed by atoms with E-state index in [1.165, 1.54) is 32.1 Å². The third-order valence-corrected chi connectivity index (χ3v) is 3.88. The third kappa shape index (κ3) is 5.42. The van der Waals surface area contributed by atoms with E-state index in [0.717, 1.165) is 18.3 Å². The van der Waals surface area contributed by atoms with E-state index in [9.17, 15) is 4.79 Å². The molecule has 1 aromatic heterocycles. The molecule has 118 valence electrons. The number of hydrogen-bond acceptors (Lipinski definition) is 3. The summed E-state index contributed by atoms with van der Waals surface area (Å²) in [6.45, 7) is 2.80. The van der Waals surface area contributed by atoms with Gasteiger partial charge in [-0.05, 0) is 24.8 Å². The number of amides is 1. The Morgan fingerprint density at radius 3 is 2.67 bits per heavy atom. The monoisotopic (exact) mass is 312 g/mol. The third-order valence-electron chi connectivity index (χ3n) is 3.88. The highest BCUT2D eigenvalue weighted by atomic mass is 35.5. The average molecular weight is 313 g/mol. The van der Waals surface area contributed by atoms with Crippen LogP contribution in [0.2, 0.25) is 0 Å². The topological polar surface area (TPSA) is 81.3 Å². The van der Waals surface area contributed by atoms with E-state index in [-0.39, 0.29) is 18.3 Å². The second-order valence-corrected chi connectivity index (χ2v) is 5.49. The molecule has 1 fully saturated rings. The van der Waals surface area contributed by atoms with Gasteiger partial charge in [0.1, 0.15) is 5.69 Å². The highest BCUT2D eigenvalue weighted by Crippen LogP contribution is 2.23. The van der Waals surface area contributed by atoms with Gasteiger partial charge in [0, 0.05) is 12.5 Å². The van der Waals surface area contributed by atoms with Gasteiger partial charge in [-0.2, -0.15) is 0 Å². The molecular weight excluding hydrogens is 288 g/mol. The van der Waals surface area contributed by atoms with Crippen LogP contribution in [-0.2, 0) is 4.79 Å². The summed E-state index contributed by atoms with van der Waals surface area (Å²) >= 11 is 0. The summed E-state index contributed by atoms with van der Waals surface area (Å²) in [6, 6.07) is 3.76. The number of halogens is 1. The molecule has 1 heterocycles. The molecule has 5 N–H and O–H groups in total. The Kier molecular flexibility index (Phi) is 7.29. The Hall–Kier alpha value is -1.49. The highest BCUT2D eigenvalue weighted by molar-refractivity contribution is 5.92. The second-order valence-electron chi connectivity index (χ2n) is 5.49. The Labute approximate surface area is 132 Å². The van der Waals surface area contributed by atoms with Crippen LogP contribution in [0.3, 0.4) is 0 Å². The van der Waals surface area contributed by atoms with Crippen molar-refractivity contribution < 1.29 is 22.2 Å². The van der Waals surface area contributed by atoms with Gasteiger partial charge in [-0.25, -0.2) is 4.98 Å². The summed E-state index contributed by atoms with van der Waals surface area (Å²) in [4.78, 5) is 14.5. The van der Waals surface area contributed by atoms with Gasteiger partial charge in [0.25, 0.3) is 0 Å². The van der Waals surface area contributed by atoms with Crippen molar-refractivity contribution in [3.05, 3.63) is 12.1 Å². The molecule has 0 bridgehead atoms. The van der Waals surface area contributed by atoms with Crippen molar-refractivity contribution in [2.24, 2.45) is 5.92 Å². The molecule has 2 rings (SSSR count). The van der Waals surface area contributed by atoms with E-state index < -0.39 is 0 Å². The number of nitrogen functional groups attached to an aromatic ring is 1. The van der Waals surface area contributed by atoms with Crippen molar-refractivity contribution in [3.8, 4) is 0 Å². The van der Waals surface area contributed by atoms with Crippen LogP contribution in [0.1, 0.15) is 45.4 Å². The quantitative estimate of drug-likeness (QED) is 0.681. The molecule has 1 amide bonds. The first-order chi connectivity index (χ1) is 9.69. The first-order valence-corrected chi connectivity index (χ1v) is 7.54. The minimum absolute atomic E-state index is 0. The van der Waals surface area contributed by atoms with Crippen molar-refractivity contribution in [3.63, 3.8) is 0 Å². The van der Waals surface area contributed by atoms with E-state index in [4.69, 9.17) is 5.73 Å². The SMILES string of the molecule is CCC(=O)Nc1ccc(NCC2CCCCC2)[nH+]c1N.[Cl-]. The highest BCUT2D eigenvalue weighted by Gasteiger charge is 2.15. The number of H-pyrrole nitrogens is 1. The maximum Gasteiger partial charge on any atom is 0.241 e. The number of nitrogens with one attached hydrogen (secondary N) is 3. The Morgan fingerprint density at radius 2 is 2.05 bits per heavy atom. The number of aromatic amines is 1. The molecule has 0 saturated heterocycles. The smallest absolute Gasteiger partial charge is 0.241 e. The van der Waals surface area contributed by atoms with Gasteiger partial charge in [-0.1, -0.05) is 26.2 Å². The van der Waals surface area contributed by atoms with Crippen LogP contribution < -0.4 is 33.8 Å². The Morgan fingerprint density at radius 1 is 1.33 bits per heavy atom. The fourth-order valence-electron chi connectivity index (χ4n) is 2.61. The van der Waals surface area contributed by atoms with Crippen molar-refractivity contribution >= 4 is 23.2 Å². The van der Waals surface area contributed by atoms with Gasteiger partial charge >= 0.3 is 0 Å². The van der Waals surface area contributed by atoms with Gasteiger partial charge < -0.3 is 28.8 Å². The molecule has 0 unspecified atom stereocenters. The summed E-state index contributed by atoms with van der Waals surface area (Å²) in [5, 5.41) is 6.17. The van der Waals surface area contributed by atoms with Crippen molar-refractivity contribution in [1.82, 2.24) is 0 Å². The van der Waals surface area contributed by atoms with Crippen LogP contribution in [0, 0.1) is 5.92 Å². The molecular formula is C15H25ClN4O. The van der Waals surface area contributed by atoms with E-state index >= 15 is 0 Å². The maximum atomic E-state index is 11.4. The number of rotatable bonds is 5. The Bertz CT molecular complexity index is 461. The zero-order chi connectivity index (χ0) is 14.4. The molecule has 1 saturated carbocycles. The van der Waals surface area contributed by atoms with Gasteiger partial charge in [-0.15, -0.1) is 0 Å². The molecule has 6 heteroatoms. The number of aromatic nitrogens is 1. The lowest BCUT2D eigenvalue weighted by molar-refractivity contribution is -0.342. The molecule has 1 aromatic rings. The van der Waals surface area contributed by atoms with Crippen LogP contribution in [-0.4, -0.2) is 12.5 Å². The van der Waals surface area contributed by atoms with Crippen molar-refractivity contribution in [1.29, 1.82) is 0 Å². The van der Waals surface area contributed by atoms with Crippen LogP contribution in [0.4, 0.5) is 17.3 Å². The summed E-state index contributed by atoms with van der Waals surface area (Å²) in [7, 11) is 0. The Balaban J connectivity index is 0.00000220. The lowest BCUT2D eigenvalue weighted by atomic mass is 9.89. The minimum Gasteiger partial charge on any atom is -1.00 e. The molecule has 0 aromatic carbocycles. The number of nitrogens with two attached hydrogens (primary N) is 1. The van der Waals surface area contributed by atoms with E-state index in [0.29, 0.717) is 17.9 Å². The van der Waals surface area contributed by atoms with Crippen LogP contribution in [0.25, 0.3) is 0 Å². The van der Waals surface area contributed by atoms with E-state index in [1.807, 2.05) is 19.1 Å². The minimum atomic E-state index is -0.0342. The summed E-state index contributed by atoms with van der Waals surface area (Å²) in [5.74, 6) is 2.12. The standard InChI is InChI=1S/C15H24N4O.ClH/c1-2-14(20)18-12-8-9-13(19-15(12)16)17-10-11-6-4-3-5-7-11;/h8-9,11H,2-7,10H2,1H3,(H,18,20)(H3,16,17,19);1H. The first kappa shape index (κ1) is 17.6. The maximum absolute atomic E-state index is 11.4. The lowest BCUT2D eigenvalue weighted by Crippen LogP contribution is -3.00. The van der Waals surface area contributed by atoms with Crippen molar-refractivity contribution in [2.45, 2.75) is 45.4 Å². The number of carbonyl (C=O) groups is 1. The number of pyridine rings is 1. The van der Waals surface area contributed by atoms with E-state index in [2.05, 4.69) is 15.6 Å². The average Bonchev–Trinajstić information content (AvgIpc) is 2.48. The van der Waals surface area contributed by atoms with Crippen LogP contribution >= 0.6 is 0 Å². The number of hydrogen-bond donors (Lipinski definition) is 3. The fourth-order valence-corrected chi connectivity index (χ4v) is 2.61. The molecule has 0 aliphatic heterocycles. The van der Waals surface area contributed by atoms with Crippen molar-refractivity contribution in [2.75, 3.05) is 22.9 Å². The van der Waals surface area contributed by atoms with E-state index in [1.54, 1.807) is 0 Å². The molecule has 21 heavy (non-hydrogen) atoms. The molecule has 5 nitrogen and oxygen atoms in total. The summed E-state index contributed by atoms with van der Waals surface area (Å²) in [5.41, 5.74) is 6.56. The molecule has 0 atom stereocenters. The van der Waals surface area contributed by atoms with Gasteiger partial charge in [0.05, 0.1) is 6.54 Å². The molecule has 1 aliphatic carbocycles. The second kappa shape index (κ2) is 8.72. The summed E-state index contributed by atoms with van der Waals surface area (Å²) < 4.78 is 0. The zero-order valence-electron chi connectivity index (χ0n) is 12.5. The fraction of sp³-hybridized carbons (Fsp3) is 0.600. The van der Waals surface area contributed by atoms with Crippen LogP contribution in [0.5, 0.6) is 0 Å². The zero-order valence-corrected chi connectivity index (χ0v) is 13.3. The normalized spacial score (nSPS) is 15.1. The van der Waals surface area contributed by atoms with Gasteiger partial charge in [0.15, 0.2) is 0 Å². The van der Waals surface area contributed by atoms with Gasteiger partial charge in [-0.3, -0.25) is 4.79 Å². The summed E-state index contributed by atoms with van der Waals surface area (Å²) in [6.07, 6.45) is 7.14. The predicted molar refractivity (Wildman–Crippen MR) is 81.4 cm³/mol. The predicted octanol–water partition coefficient (Wildman–Crippen LogP) is -0.572. The van der Waals surface area contributed by atoms with Crippen LogP contribution in [0.15, 0.2) is 12.1 Å². The molecule has 0 radical (unpaired) electrons. The lowest BCUT2D eigenvalue weighted by Gasteiger charge is -2.20.